The summed E-state index contributed by atoms with van der Waals surface area (Å²) < 4.78 is 52.9. The molecule has 8 heteroatoms. The van der Waals surface area contributed by atoms with Crippen LogP contribution in [0, 0.1) is 0 Å². The Labute approximate surface area is 162 Å². The molecule has 0 aliphatic rings. The number of hydrogen-bond donors (Lipinski definition) is 1. The van der Waals surface area contributed by atoms with E-state index in [9.17, 15) is 16.8 Å². The maximum atomic E-state index is 13.2. The second-order valence-electron chi connectivity index (χ2n) is 6.50. The highest BCUT2D eigenvalue weighted by Gasteiger charge is 2.30. The van der Waals surface area contributed by atoms with Gasteiger partial charge >= 0.3 is 0 Å². The van der Waals surface area contributed by atoms with Gasteiger partial charge in [0.1, 0.15) is 5.25 Å². The Balaban J connectivity index is 2.42. The van der Waals surface area contributed by atoms with E-state index in [-0.39, 0.29) is 17.2 Å². The zero-order valence-electron chi connectivity index (χ0n) is 15.8. The molecular weight excluding hydrogens is 384 g/mol. The lowest BCUT2D eigenvalue weighted by Crippen LogP contribution is -2.33. The van der Waals surface area contributed by atoms with E-state index in [0.29, 0.717) is 12.0 Å². The molecule has 0 amide bonds. The summed E-state index contributed by atoms with van der Waals surface area (Å²) in [5, 5.41) is -1.01. The summed E-state index contributed by atoms with van der Waals surface area (Å²) in [7, 11) is -3.50. The Morgan fingerprint density at radius 1 is 0.926 bits per heavy atom. The smallest absolute Gasteiger partial charge is 0.211 e. The van der Waals surface area contributed by atoms with Crippen LogP contribution in [0.2, 0.25) is 0 Å². The molecule has 0 fully saturated rings. The van der Waals surface area contributed by atoms with Gasteiger partial charge in [-0.25, -0.2) is 21.6 Å². The molecule has 1 N–H and O–H groups in total. The first kappa shape index (κ1) is 21.4. The molecule has 6 nitrogen and oxygen atoms in total. The SMILES string of the molecule is CCCS(=O)(=O)NC[C@H](c1ccc(N(C)C)cc1)S(=O)(=O)c1ccccc1. The molecule has 0 radical (unpaired) electrons. The van der Waals surface area contributed by atoms with Crippen LogP contribution < -0.4 is 9.62 Å². The van der Waals surface area contributed by atoms with E-state index in [1.165, 1.54) is 12.1 Å². The van der Waals surface area contributed by atoms with Gasteiger partial charge in [-0.1, -0.05) is 37.3 Å². The molecule has 0 spiro atoms. The van der Waals surface area contributed by atoms with Crippen LogP contribution >= 0.6 is 0 Å². The van der Waals surface area contributed by atoms with Crippen molar-refractivity contribution in [2.24, 2.45) is 0 Å². The quantitative estimate of drug-likeness (QED) is 0.687. The van der Waals surface area contributed by atoms with Crippen LogP contribution in [0.25, 0.3) is 0 Å². The molecule has 148 valence electrons. The average Bonchev–Trinajstić information content (AvgIpc) is 2.62. The molecule has 0 aliphatic carbocycles. The van der Waals surface area contributed by atoms with Crippen molar-refractivity contribution in [2.75, 3.05) is 31.3 Å². The van der Waals surface area contributed by atoms with E-state index in [1.54, 1.807) is 37.3 Å². The lowest BCUT2D eigenvalue weighted by Gasteiger charge is -2.20. The summed E-state index contributed by atoms with van der Waals surface area (Å²) in [6.07, 6.45) is 0.461. The van der Waals surface area contributed by atoms with Crippen LogP contribution in [0.1, 0.15) is 24.2 Å². The van der Waals surface area contributed by atoms with Crippen LogP contribution in [-0.2, 0) is 19.9 Å². The first-order valence-electron chi connectivity index (χ1n) is 8.71. The maximum Gasteiger partial charge on any atom is 0.211 e. The fourth-order valence-electron chi connectivity index (χ4n) is 2.71. The van der Waals surface area contributed by atoms with Gasteiger partial charge in [0.05, 0.1) is 10.6 Å². The van der Waals surface area contributed by atoms with Gasteiger partial charge in [0.15, 0.2) is 9.84 Å². The zero-order chi connectivity index (χ0) is 20.1. The number of hydrogen-bond acceptors (Lipinski definition) is 5. The van der Waals surface area contributed by atoms with Crippen molar-refractivity contribution in [2.45, 2.75) is 23.5 Å². The number of rotatable bonds is 9. The van der Waals surface area contributed by atoms with Gasteiger partial charge in [0, 0.05) is 26.3 Å². The highest BCUT2D eigenvalue weighted by atomic mass is 32.2. The molecule has 2 aromatic carbocycles. The van der Waals surface area contributed by atoms with Gasteiger partial charge in [0.2, 0.25) is 10.0 Å². The maximum absolute atomic E-state index is 13.2. The van der Waals surface area contributed by atoms with E-state index in [4.69, 9.17) is 0 Å². The van der Waals surface area contributed by atoms with Crippen molar-refractivity contribution in [3.8, 4) is 0 Å². The fraction of sp³-hybridized carbons (Fsp3) is 0.368. The molecule has 0 saturated heterocycles. The summed E-state index contributed by atoms with van der Waals surface area (Å²) in [6, 6.07) is 15.2. The molecule has 1 atom stereocenters. The van der Waals surface area contributed by atoms with Gasteiger partial charge in [-0.2, -0.15) is 0 Å². The number of nitrogens with one attached hydrogen (secondary N) is 1. The topological polar surface area (TPSA) is 83.6 Å². The summed E-state index contributed by atoms with van der Waals surface area (Å²) in [6.45, 7) is 1.55. The van der Waals surface area contributed by atoms with Gasteiger partial charge < -0.3 is 4.90 Å². The molecule has 0 aliphatic heterocycles. The van der Waals surface area contributed by atoms with Crippen molar-refractivity contribution in [3.63, 3.8) is 0 Å². The van der Waals surface area contributed by atoms with Gasteiger partial charge in [-0.3, -0.25) is 0 Å². The minimum absolute atomic E-state index is 0.0370. The van der Waals surface area contributed by atoms with E-state index in [2.05, 4.69) is 4.72 Å². The number of sulfonamides is 1. The highest BCUT2D eigenvalue weighted by Crippen LogP contribution is 2.29. The van der Waals surface area contributed by atoms with E-state index in [1.807, 2.05) is 31.1 Å². The van der Waals surface area contributed by atoms with Crippen molar-refractivity contribution in [1.82, 2.24) is 4.72 Å². The van der Waals surface area contributed by atoms with Crippen LogP contribution in [0.5, 0.6) is 0 Å². The van der Waals surface area contributed by atoms with Gasteiger partial charge in [-0.15, -0.1) is 0 Å². The standard InChI is InChI=1S/C19H26N2O4S2/c1-4-14-26(22,23)20-15-19(16-10-12-17(13-11-16)21(2)3)27(24,25)18-8-6-5-7-9-18/h5-13,19-20H,4,14-15H2,1-3H3/t19-/m1/s1. The lowest BCUT2D eigenvalue weighted by atomic mass is 10.1. The van der Waals surface area contributed by atoms with E-state index in [0.717, 1.165) is 5.69 Å². The van der Waals surface area contributed by atoms with Crippen LogP contribution in [0.3, 0.4) is 0 Å². The second-order valence-corrected chi connectivity index (χ2v) is 10.6. The van der Waals surface area contributed by atoms with E-state index >= 15 is 0 Å². The van der Waals surface area contributed by atoms with Crippen molar-refractivity contribution >= 4 is 25.5 Å². The van der Waals surface area contributed by atoms with Crippen LogP contribution in [-0.4, -0.2) is 43.2 Å². The Morgan fingerprint density at radius 2 is 1.52 bits per heavy atom. The largest absolute Gasteiger partial charge is 0.378 e. The summed E-state index contributed by atoms with van der Waals surface area (Å²) in [5.41, 5.74) is 1.48. The molecule has 27 heavy (non-hydrogen) atoms. The Morgan fingerprint density at radius 3 is 2.04 bits per heavy atom. The molecule has 0 unspecified atom stereocenters. The molecule has 0 aromatic heterocycles. The van der Waals surface area contributed by atoms with Crippen molar-refractivity contribution < 1.29 is 16.8 Å². The zero-order valence-corrected chi connectivity index (χ0v) is 17.4. The number of sulfone groups is 1. The molecule has 0 heterocycles. The Kier molecular flexibility index (Phi) is 7.02. The monoisotopic (exact) mass is 410 g/mol. The predicted octanol–water partition coefficient (Wildman–Crippen LogP) is 2.60. The van der Waals surface area contributed by atoms with E-state index < -0.39 is 25.1 Å². The average molecular weight is 411 g/mol. The van der Waals surface area contributed by atoms with Crippen molar-refractivity contribution in [3.05, 3.63) is 60.2 Å². The number of benzene rings is 2. The molecule has 0 saturated carbocycles. The minimum Gasteiger partial charge on any atom is -0.378 e. The molecular formula is C19H26N2O4S2. The third-order valence-electron chi connectivity index (χ3n) is 4.19. The third-order valence-corrected chi connectivity index (χ3v) is 7.86. The summed E-state index contributed by atoms with van der Waals surface area (Å²) in [4.78, 5) is 2.08. The third kappa shape index (κ3) is 5.54. The lowest BCUT2D eigenvalue weighted by molar-refractivity contribution is 0.568. The fourth-order valence-corrected chi connectivity index (χ4v) is 5.60. The first-order chi connectivity index (χ1) is 12.7. The first-order valence-corrected chi connectivity index (χ1v) is 11.9. The predicted molar refractivity (Wildman–Crippen MR) is 109 cm³/mol. The summed E-state index contributed by atoms with van der Waals surface area (Å²) >= 11 is 0. The van der Waals surface area contributed by atoms with Gasteiger partial charge in [0.25, 0.3) is 0 Å². The Hall–Kier alpha value is -1.90. The summed E-state index contributed by atoms with van der Waals surface area (Å²) in [5.74, 6) is -0.0370. The van der Waals surface area contributed by atoms with Crippen LogP contribution in [0.15, 0.2) is 59.5 Å². The van der Waals surface area contributed by atoms with Crippen LogP contribution in [0.4, 0.5) is 5.69 Å². The van der Waals surface area contributed by atoms with Gasteiger partial charge in [-0.05, 0) is 36.2 Å². The minimum atomic E-state index is -3.77. The number of nitrogens with zero attached hydrogens (tertiary/aromatic N) is 1. The highest BCUT2D eigenvalue weighted by molar-refractivity contribution is 7.92. The molecule has 0 bridgehead atoms. The number of anilines is 1. The Bertz CT molecular complexity index is 939. The normalized spacial score (nSPS) is 13.3. The second kappa shape index (κ2) is 8.86. The molecule has 2 aromatic rings. The van der Waals surface area contributed by atoms with Crippen molar-refractivity contribution in [1.29, 1.82) is 0 Å². The molecule has 2 rings (SSSR count).